The number of aromatic nitrogens is 1. The molecule has 1 saturated heterocycles. The number of carbonyl (C=O) groups is 1. The fourth-order valence-corrected chi connectivity index (χ4v) is 6.24. The largest absolute Gasteiger partial charge is 0.336 e. The minimum atomic E-state index is 0. The van der Waals surface area contributed by atoms with Gasteiger partial charge in [0.2, 0.25) is 0 Å². The van der Waals surface area contributed by atoms with Crippen molar-refractivity contribution in [1.29, 1.82) is 0 Å². The Balaban J connectivity index is 0.00000218. The first-order valence-electron chi connectivity index (χ1n) is 11.0. The highest BCUT2D eigenvalue weighted by atomic mass is 35.5. The molecule has 0 unspecified atom stereocenters. The number of aryl methyl sites for hydroxylation is 1. The maximum absolute atomic E-state index is 13.2. The van der Waals surface area contributed by atoms with E-state index in [1.54, 1.807) is 11.8 Å². The number of H-pyrrole nitrogens is 1. The number of rotatable bonds is 2. The highest BCUT2D eigenvalue weighted by molar-refractivity contribution is 7.98. The number of hydrogen-bond acceptors (Lipinski definition) is 4. The second-order valence-corrected chi connectivity index (χ2v) is 9.70. The van der Waals surface area contributed by atoms with Gasteiger partial charge in [0.1, 0.15) is 0 Å². The SMILES string of the molecule is Cl.O=C(c1ccc2[nH]c(=O)c3c(c2c1)CCSC3)N1CCN(C2CCCCC2)CC1. The monoisotopic (exact) mass is 447 g/mol. The number of piperazine rings is 1. The van der Waals surface area contributed by atoms with Crippen LogP contribution in [0.5, 0.6) is 0 Å². The minimum Gasteiger partial charge on any atom is -0.336 e. The predicted molar refractivity (Wildman–Crippen MR) is 126 cm³/mol. The van der Waals surface area contributed by atoms with Gasteiger partial charge in [-0.15, -0.1) is 12.4 Å². The summed E-state index contributed by atoms with van der Waals surface area (Å²) in [6.45, 7) is 3.61. The van der Waals surface area contributed by atoms with Crippen molar-refractivity contribution in [2.45, 2.75) is 50.3 Å². The van der Waals surface area contributed by atoms with Crippen LogP contribution >= 0.6 is 24.2 Å². The van der Waals surface area contributed by atoms with Crippen molar-refractivity contribution in [3.63, 3.8) is 0 Å². The van der Waals surface area contributed by atoms with Crippen molar-refractivity contribution < 1.29 is 4.79 Å². The molecule has 1 aromatic carbocycles. The molecule has 0 atom stereocenters. The fraction of sp³-hybridized carbons (Fsp3) is 0.565. The van der Waals surface area contributed by atoms with E-state index in [1.165, 1.54) is 32.1 Å². The van der Waals surface area contributed by atoms with Crippen LogP contribution in [-0.4, -0.2) is 58.7 Å². The van der Waals surface area contributed by atoms with Crippen molar-refractivity contribution in [2.75, 3.05) is 31.9 Å². The Morgan fingerprint density at radius 2 is 1.80 bits per heavy atom. The van der Waals surface area contributed by atoms with Gasteiger partial charge in [0.25, 0.3) is 11.5 Å². The lowest BCUT2D eigenvalue weighted by Gasteiger charge is -2.40. The lowest BCUT2D eigenvalue weighted by molar-refractivity contribution is 0.0523. The van der Waals surface area contributed by atoms with Crippen molar-refractivity contribution in [1.82, 2.24) is 14.8 Å². The molecular formula is C23H30ClN3O2S. The summed E-state index contributed by atoms with van der Waals surface area (Å²) in [6.07, 6.45) is 7.63. The molecule has 1 aliphatic carbocycles. The third-order valence-corrected chi connectivity index (χ3v) is 7.90. The van der Waals surface area contributed by atoms with Gasteiger partial charge in [0.15, 0.2) is 0 Å². The number of pyridine rings is 1. The summed E-state index contributed by atoms with van der Waals surface area (Å²) in [4.78, 5) is 33.2. The molecule has 2 aliphatic heterocycles. The molecular weight excluding hydrogens is 418 g/mol. The number of thioether (sulfide) groups is 1. The van der Waals surface area contributed by atoms with E-state index in [9.17, 15) is 9.59 Å². The predicted octanol–water partition coefficient (Wildman–Crippen LogP) is 3.83. The van der Waals surface area contributed by atoms with Gasteiger partial charge in [-0.3, -0.25) is 14.5 Å². The molecule has 3 aliphatic rings. The van der Waals surface area contributed by atoms with Crippen LogP contribution in [0.3, 0.4) is 0 Å². The van der Waals surface area contributed by atoms with Gasteiger partial charge in [0.05, 0.1) is 0 Å². The van der Waals surface area contributed by atoms with Gasteiger partial charge in [0, 0.05) is 60.0 Å². The molecule has 162 valence electrons. The molecule has 5 nitrogen and oxygen atoms in total. The molecule has 1 aromatic heterocycles. The average molecular weight is 448 g/mol. The van der Waals surface area contributed by atoms with Crippen molar-refractivity contribution in [3.05, 3.63) is 45.2 Å². The minimum absolute atomic E-state index is 0. The first-order valence-corrected chi connectivity index (χ1v) is 12.1. The van der Waals surface area contributed by atoms with Crippen LogP contribution < -0.4 is 5.56 Å². The van der Waals surface area contributed by atoms with E-state index in [2.05, 4.69) is 9.88 Å². The molecule has 1 saturated carbocycles. The van der Waals surface area contributed by atoms with Crippen LogP contribution in [0.15, 0.2) is 23.0 Å². The summed E-state index contributed by atoms with van der Waals surface area (Å²) < 4.78 is 0. The first kappa shape index (κ1) is 21.7. The summed E-state index contributed by atoms with van der Waals surface area (Å²) >= 11 is 1.81. The lowest BCUT2D eigenvalue weighted by atomic mass is 9.94. The van der Waals surface area contributed by atoms with Crippen molar-refractivity contribution in [2.24, 2.45) is 0 Å². The molecule has 3 heterocycles. The standard InChI is InChI=1S/C23H29N3O2S.ClH/c27-22-20-15-29-13-8-18(20)19-14-16(6-7-21(19)24-22)23(28)26-11-9-25(10-12-26)17-4-2-1-3-5-17;/h6-7,14,17H,1-5,8-13,15H2,(H,24,27);1H. The molecule has 7 heteroatoms. The summed E-state index contributed by atoms with van der Waals surface area (Å²) in [5.74, 6) is 1.93. The van der Waals surface area contributed by atoms with Gasteiger partial charge in [-0.1, -0.05) is 19.3 Å². The molecule has 1 amide bonds. The number of nitrogens with one attached hydrogen (secondary N) is 1. The second kappa shape index (κ2) is 9.33. The summed E-state index contributed by atoms with van der Waals surface area (Å²) in [5, 5.41) is 1.05. The van der Waals surface area contributed by atoms with E-state index >= 15 is 0 Å². The maximum atomic E-state index is 13.2. The van der Waals surface area contributed by atoms with Crippen LogP contribution in [0.2, 0.25) is 0 Å². The molecule has 0 bridgehead atoms. The van der Waals surface area contributed by atoms with Crippen molar-refractivity contribution in [3.8, 4) is 0 Å². The van der Waals surface area contributed by atoms with Gasteiger partial charge < -0.3 is 9.88 Å². The highest BCUT2D eigenvalue weighted by Gasteiger charge is 2.28. The zero-order valence-corrected chi connectivity index (χ0v) is 19.0. The highest BCUT2D eigenvalue weighted by Crippen LogP contribution is 2.29. The van der Waals surface area contributed by atoms with E-state index in [-0.39, 0.29) is 23.9 Å². The Hall–Kier alpha value is -1.50. The van der Waals surface area contributed by atoms with Gasteiger partial charge >= 0.3 is 0 Å². The van der Waals surface area contributed by atoms with E-state index in [4.69, 9.17) is 0 Å². The third kappa shape index (κ3) is 4.14. The molecule has 5 rings (SSSR count). The topological polar surface area (TPSA) is 56.4 Å². The number of amides is 1. The molecule has 0 radical (unpaired) electrons. The Bertz CT molecular complexity index is 978. The fourth-order valence-electron chi connectivity index (χ4n) is 5.24. The lowest BCUT2D eigenvalue weighted by Crippen LogP contribution is -2.52. The quantitative estimate of drug-likeness (QED) is 0.760. The molecule has 2 fully saturated rings. The Kier molecular flexibility index (Phi) is 6.75. The number of carbonyl (C=O) groups excluding carboxylic acids is 1. The normalized spacial score (nSPS) is 20.6. The number of aromatic amines is 1. The van der Waals surface area contributed by atoms with E-state index in [0.717, 1.165) is 77.7 Å². The number of fused-ring (bicyclic) bond motifs is 3. The van der Waals surface area contributed by atoms with E-state index < -0.39 is 0 Å². The van der Waals surface area contributed by atoms with Gasteiger partial charge in [-0.25, -0.2) is 0 Å². The third-order valence-electron chi connectivity index (χ3n) is 6.91. The van der Waals surface area contributed by atoms with Crippen LogP contribution in [-0.2, 0) is 12.2 Å². The first-order chi connectivity index (χ1) is 14.2. The molecule has 0 spiro atoms. The number of nitrogens with zero attached hydrogens (tertiary/aromatic N) is 2. The van der Waals surface area contributed by atoms with Crippen LogP contribution in [0.1, 0.15) is 53.6 Å². The smallest absolute Gasteiger partial charge is 0.253 e. The van der Waals surface area contributed by atoms with Gasteiger partial charge in [-0.05, 0) is 48.8 Å². The summed E-state index contributed by atoms with van der Waals surface area (Å²) in [6, 6.07) is 6.51. The maximum Gasteiger partial charge on any atom is 0.253 e. The second-order valence-electron chi connectivity index (χ2n) is 8.59. The zero-order valence-electron chi connectivity index (χ0n) is 17.3. The number of benzene rings is 1. The average Bonchev–Trinajstić information content (AvgIpc) is 2.79. The van der Waals surface area contributed by atoms with Gasteiger partial charge in [-0.2, -0.15) is 11.8 Å². The van der Waals surface area contributed by atoms with E-state index in [0.29, 0.717) is 0 Å². The summed E-state index contributed by atoms with van der Waals surface area (Å²) in [7, 11) is 0. The number of hydrogen-bond donors (Lipinski definition) is 1. The zero-order chi connectivity index (χ0) is 19.8. The molecule has 1 N–H and O–H groups in total. The molecule has 2 aromatic rings. The Morgan fingerprint density at radius 3 is 2.57 bits per heavy atom. The Morgan fingerprint density at radius 1 is 1.03 bits per heavy atom. The molecule has 30 heavy (non-hydrogen) atoms. The number of halogens is 1. The van der Waals surface area contributed by atoms with Crippen molar-refractivity contribution >= 4 is 41.0 Å². The van der Waals surface area contributed by atoms with Crippen LogP contribution in [0, 0.1) is 0 Å². The summed E-state index contributed by atoms with van der Waals surface area (Å²) in [5.41, 5.74) is 3.65. The van der Waals surface area contributed by atoms with E-state index in [1.807, 2.05) is 23.1 Å². The van der Waals surface area contributed by atoms with Crippen LogP contribution in [0.4, 0.5) is 0 Å². The van der Waals surface area contributed by atoms with Crippen LogP contribution in [0.25, 0.3) is 10.9 Å². The Labute approximate surface area is 188 Å².